The SMILES string of the molecule is CCOc1cc(/C=N\NC(=O)C(=O)Nc2ccc(F)cc2)ccc1O. The number of hydrazone groups is 1. The minimum absolute atomic E-state index is 0.0123. The van der Waals surface area contributed by atoms with Crippen molar-refractivity contribution in [3.05, 3.63) is 53.8 Å². The number of carbonyl (C=O) groups excluding carboxylic acids is 2. The van der Waals surface area contributed by atoms with Crippen LogP contribution in [0.5, 0.6) is 11.5 Å². The Kier molecular flexibility index (Phi) is 6.05. The molecule has 0 spiro atoms. The number of ether oxygens (including phenoxy) is 1. The Bertz CT molecular complexity index is 791. The van der Waals surface area contributed by atoms with Crippen molar-refractivity contribution in [2.75, 3.05) is 11.9 Å². The first-order valence-electron chi connectivity index (χ1n) is 7.35. The Balaban J connectivity index is 1.92. The van der Waals surface area contributed by atoms with Crippen molar-refractivity contribution in [3.8, 4) is 11.5 Å². The van der Waals surface area contributed by atoms with Crippen LogP contribution in [0.1, 0.15) is 12.5 Å². The highest BCUT2D eigenvalue weighted by molar-refractivity contribution is 6.39. The van der Waals surface area contributed by atoms with Gasteiger partial charge in [-0.1, -0.05) is 0 Å². The molecule has 0 heterocycles. The van der Waals surface area contributed by atoms with E-state index >= 15 is 0 Å². The average Bonchev–Trinajstić information content (AvgIpc) is 2.59. The fourth-order valence-corrected chi connectivity index (χ4v) is 1.82. The summed E-state index contributed by atoms with van der Waals surface area (Å²) in [6, 6.07) is 9.50. The molecule has 0 saturated heterocycles. The van der Waals surface area contributed by atoms with E-state index in [1.165, 1.54) is 30.5 Å². The first kappa shape index (κ1) is 17.9. The molecule has 2 rings (SSSR count). The van der Waals surface area contributed by atoms with Crippen LogP contribution in [0.2, 0.25) is 0 Å². The smallest absolute Gasteiger partial charge is 0.329 e. The molecule has 0 radical (unpaired) electrons. The Labute approximate surface area is 143 Å². The van der Waals surface area contributed by atoms with Gasteiger partial charge in [-0.2, -0.15) is 5.10 Å². The molecule has 0 aromatic heterocycles. The van der Waals surface area contributed by atoms with E-state index in [1.807, 2.05) is 0 Å². The molecule has 2 amide bonds. The molecule has 130 valence electrons. The number of carbonyl (C=O) groups is 2. The number of amides is 2. The number of nitrogens with one attached hydrogen (secondary N) is 2. The van der Waals surface area contributed by atoms with Crippen LogP contribution < -0.4 is 15.5 Å². The lowest BCUT2D eigenvalue weighted by Crippen LogP contribution is -2.32. The molecule has 2 aromatic rings. The maximum atomic E-state index is 12.8. The predicted molar refractivity (Wildman–Crippen MR) is 90.0 cm³/mol. The van der Waals surface area contributed by atoms with Crippen LogP contribution in [0.25, 0.3) is 0 Å². The minimum atomic E-state index is -0.982. The molecule has 7 nitrogen and oxygen atoms in total. The third-order valence-electron chi connectivity index (χ3n) is 2.97. The van der Waals surface area contributed by atoms with Crippen molar-refractivity contribution >= 4 is 23.7 Å². The van der Waals surface area contributed by atoms with Crippen molar-refractivity contribution in [1.82, 2.24) is 5.43 Å². The monoisotopic (exact) mass is 345 g/mol. The Morgan fingerprint density at radius 2 is 1.92 bits per heavy atom. The molecule has 2 aromatic carbocycles. The van der Waals surface area contributed by atoms with Crippen LogP contribution in [0, 0.1) is 5.82 Å². The number of rotatable bonds is 5. The summed E-state index contributed by atoms with van der Waals surface area (Å²) in [5.41, 5.74) is 2.91. The second-order valence-electron chi connectivity index (χ2n) is 4.82. The molecular formula is C17H16FN3O4. The summed E-state index contributed by atoms with van der Waals surface area (Å²) >= 11 is 0. The summed E-state index contributed by atoms with van der Waals surface area (Å²) < 4.78 is 18.0. The summed E-state index contributed by atoms with van der Waals surface area (Å²) in [5, 5.41) is 15.6. The molecule has 3 N–H and O–H groups in total. The van der Waals surface area contributed by atoms with Crippen LogP contribution in [0.3, 0.4) is 0 Å². The van der Waals surface area contributed by atoms with Gasteiger partial charge in [0.2, 0.25) is 0 Å². The van der Waals surface area contributed by atoms with E-state index in [4.69, 9.17) is 4.74 Å². The van der Waals surface area contributed by atoms with Gasteiger partial charge in [-0.15, -0.1) is 0 Å². The number of phenolic OH excluding ortho intramolecular Hbond substituents is 1. The Hall–Kier alpha value is -3.42. The Morgan fingerprint density at radius 3 is 2.60 bits per heavy atom. The van der Waals surface area contributed by atoms with E-state index in [0.717, 1.165) is 12.1 Å². The van der Waals surface area contributed by atoms with Crippen molar-refractivity contribution < 1.29 is 23.8 Å². The molecule has 0 aliphatic heterocycles. The van der Waals surface area contributed by atoms with E-state index in [2.05, 4.69) is 15.8 Å². The van der Waals surface area contributed by atoms with E-state index in [0.29, 0.717) is 12.2 Å². The quantitative estimate of drug-likeness (QED) is 0.438. The van der Waals surface area contributed by atoms with Crippen molar-refractivity contribution in [2.45, 2.75) is 6.92 Å². The van der Waals surface area contributed by atoms with Gasteiger partial charge in [0.25, 0.3) is 0 Å². The maximum absolute atomic E-state index is 12.8. The van der Waals surface area contributed by atoms with Gasteiger partial charge in [0.15, 0.2) is 11.5 Å². The van der Waals surface area contributed by atoms with Gasteiger partial charge in [0.05, 0.1) is 12.8 Å². The van der Waals surface area contributed by atoms with Gasteiger partial charge in [0.1, 0.15) is 5.82 Å². The van der Waals surface area contributed by atoms with Crippen LogP contribution >= 0.6 is 0 Å². The fraction of sp³-hybridized carbons (Fsp3) is 0.118. The average molecular weight is 345 g/mol. The van der Waals surface area contributed by atoms with E-state index < -0.39 is 17.6 Å². The molecular weight excluding hydrogens is 329 g/mol. The van der Waals surface area contributed by atoms with E-state index in [-0.39, 0.29) is 17.2 Å². The summed E-state index contributed by atoms with van der Waals surface area (Å²) in [6.45, 7) is 2.16. The zero-order valence-corrected chi connectivity index (χ0v) is 13.3. The number of hydrogen-bond acceptors (Lipinski definition) is 5. The van der Waals surface area contributed by atoms with Gasteiger partial charge in [0, 0.05) is 5.69 Å². The highest BCUT2D eigenvalue weighted by Crippen LogP contribution is 2.26. The largest absolute Gasteiger partial charge is 0.504 e. The molecule has 0 aliphatic carbocycles. The van der Waals surface area contributed by atoms with Gasteiger partial charge in [-0.25, -0.2) is 9.82 Å². The minimum Gasteiger partial charge on any atom is -0.504 e. The second-order valence-corrected chi connectivity index (χ2v) is 4.82. The first-order valence-corrected chi connectivity index (χ1v) is 7.35. The van der Waals surface area contributed by atoms with Gasteiger partial charge in [-0.3, -0.25) is 9.59 Å². The molecule has 25 heavy (non-hydrogen) atoms. The summed E-state index contributed by atoms with van der Waals surface area (Å²) in [7, 11) is 0. The molecule has 0 unspecified atom stereocenters. The van der Waals surface area contributed by atoms with Gasteiger partial charge >= 0.3 is 11.8 Å². The van der Waals surface area contributed by atoms with Gasteiger partial charge < -0.3 is 15.2 Å². The zero-order chi connectivity index (χ0) is 18.2. The molecule has 8 heteroatoms. The molecule has 0 aliphatic rings. The third-order valence-corrected chi connectivity index (χ3v) is 2.97. The first-order chi connectivity index (χ1) is 12.0. The van der Waals surface area contributed by atoms with Crippen LogP contribution in [-0.2, 0) is 9.59 Å². The lowest BCUT2D eigenvalue weighted by atomic mass is 10.2. The summed E-state index contributed by atoms with van der Waals surface area (Å²) in [4.78, 5) is 23.3. The Morgan fingerprint density at radius 1 is 1.20 bits per heavy atom. The standard InChI is InChI=1S/C17H16FN3O4/c1-2-25-15-9-11(3-8-14(15)22)10-19-21-17(24)16(23)20-13-6-4-12(18)5-7-13/h3-10,22H,2H2,1H3,(H,20,23)(H,21,24)/b19-10-. The number of aromatic hydroxyl groups is 1. The lowest BCUT2D eigenvalue weighted by molar-refractivity contribution is -0.136. The van der Waals surface area contributed by atoms with Crippen molar-refractivity contribution in [1.29, 1.82) is 0 Å². The molecule has 0 bridgehead atoms. The number of benzene rings is 2. The number of hydrogen-bond donors (Lipinski definition) is 3. The highest BCUT2D eigenvalue weighted by atomic mass is 19.1. The predicted octanol–water partition coefficient (Wildman–Crippen LogP) is 2.02. The third kappa shape index (κ3) is 5.31. The summed E-state index contributed by atoms with van der Waals surface area (Å²) in [6.07, 6.45) is 1.30. The van der Waals surface area contributed by atoms with Crippen molar-refractivity contribution in [3.63, 3.8) is 0 Å². The normalized spacial score (nSPS) is 10.5. The maximum Gasteiger partial charge on any atom is 0.329 e. The number of anilines is 1. The zero-order valence-electron chi connectivity index (χ0n) is 13.3. The van der Waals surface area contributed by atoms with Crippen LogP contribution in [0.4, 0.5) is 10.1 Å². The second kappa shape index (κ2) is 8.44. The number of halogens is 1. The molecule has 0 fully saturated rings. The lowest BCUT2D eigenvalue weighted by Gasteiger charge is -2.06. The van der Waals surface area contributed by atoms with Crippen LogP contribution in [0.15, 0.2) is 47.6 Å². The topological polar surface area (TPSA) is 100 Å². The summed E-state index contributed by atoms with van der Waals surface area (Å²) in [5.74, 6) is -2.10. The number of nitrogens with zero attached hydrogens (tertiary/aromatic N) is 1. The fourth-order valence-electron chi connectivity index (χ4n) is 1.82. The highest BCUT2D eigenvalue weighted by Gasteiger charge is 2.12. The van der Waals surface area contributed by atoms with Crippen molar-refractivity contribution in [2.24, 2.45) is 5.10 Å². The van der Waals surface area contributed by atoms with E-state index in [9.17, 15) is 19.1 Å². The van der Waals surface area contributed by atoms with E-state index in [1.54, 1.807) is 13.0 Å². The number of phenols is 1. The van der Waals surface area contributed by atoms with Gasteiger partial charge in [-0.05, 0) is 55.0 Å². The molecule has 0 atom stereocenters. The molecule has 0 saturated carbocycles. The van der Waals surface area contributed by atoms with Crippen LogP contribution in [-0.4, -0.2) is 29.7 Å².